The van der Waals surface area contributed by atoms with Crippen LogP contribution in [-0.2, 0) is 4.79 Å². The summed E-state index contributed by atoms with van der Waals surface area (Å²) in [5, 5.41) is 5.40. The zero-order valence-corrected chi connectivity index (χ0v) is 15.4. The van der Waals surface area contributed by atoms with E-state index in [1.807, 2.05) is 0 Å². The number of ether oxygens (including phenoxy) is 1. The van der Waals surface area contributed by atoms with E-state index in [0.717, 1.165) is 6.07 Å². The minimum Gasteiger partial charge on any atom is -0.497 e. The van der Waals surface area contributed by atoms with E-state index in [9.17, 15) is 14.0 Å². The lowest BCUT2D eigenvalue weighted by Crippen LogP contribution is -2.47. The maximum Gasteiger partial charge on any atom is 0.251 e. The molecule has 7 heteroatoms. The lowest BCUT2D eigenvalue weighted by Gasteiger charge is -2.22. The summed E-state index contributed by atoms with van der Waals surface area (Å²) >= 11 is 5.71. The van der Waals surface area contributed by atoms with Crippen molar-refractivity contribution in [2.75, 3.05) is 12.4 Å². The summed E-state index contributed by atoms with van der Waals surface area (Å²) in [6.45, 7) is 3.58. The Labute approximate surface area is 156 Å². The molecule has 138 valence electrons. The zero-order chi connectivity index (χ0) is 19.3. The highest BCUT2D eigenvalue weighted by molar-refractivity contribution is 6.30. The van der Waals surface area contributed by atoms with Gasteiger partial charge in [0.25, 0.3) is 5.91 Å². The van der Waals surface area contributed by atoms with Crippen LogP contribution in [0.4, 0.5) is 10.1 Å². The summed E-state index contributed by atoms with van der Waals surface area (Å²) in [7, 11) is 1.53. The molecule has 2 amide bonds. The fourth-order valence-electron chi connectivity index (χ4n) is 2.30. The normalized spacial score (nSPS) is 11.8. The van der Waals surface area contributed by atoms with Crippen LogP contribution in [0.1, 0.15) is 24.2 Å². The Balaban J connectivity index is 2.11. The second-order valence-electron chi connectivity index (χ2n) is 6.04. The highest BCUT2D eigenvalue weighted by Crippen LogP contribution is 2.20. The van der Waals surface area contributed by atoms with Gasteiger partial charge in [-0.05, 0) is 48.4 Å². The lowest BCUT2D eigenvalue weighted by molar-refractivity contribution is -0.118. The molecule has 1 atom stereocenters. The number of anilines is 1. The number of hydrogen-bond donors (Lipinski definition) is 2. The average molecular weight is 379 g/mol. The standard InChI is InChI=1S/C19H20ClFN2O3/c1-11(2)17(19(25)22-16-9-6-13(20)10-15(16)21)23-18(24)12-4-7-14(26-3)8-5-12/h4-11,17H,1-3H3,(H,22,25)(H,23,24). The van der Waals surface area contributed by atoms with Gasteiger partial charge in [-0.25, -0.2) is 4.39 Å². The van der Waals surface area contributed by atoms with Gasteiger partial charge in [-0.15, -0.1) is 0 Å². The molecule has 0 radical (unpaired) electrons. The summed E-state index contributed by atoms with van der Waals surface area (Å²) in [5.41, 5.74) is 0.394. The Kier molecular flexibility index (Phi) is 6.58. The van der Waals surface area contributed by atoms with Crippen LogP contribution in [0.2, 0.25) is 5.02 Å². The van der Waals surface area contributed by atoms with Crippen molar-refractivity contribution in [3.05, 3.63) is 58.9 Å². The topological polar surface area (TPSA) is 67.4 Å². The minimum atomic E-state index is -0.834. The van der Waals surface area contributed by atoms with Gasteiger partial charge >= 0.3 is 0 Å². The molecular weight excluding hydrogens is 359 g/mol. The largest absolute Gasteiger partial charge is 0.497 e. The third-order valence-corrected chi connectivity index (χ3v) is 4.01. The predicted octanol–water partition coefficient (Wildman–Crippen LogP) is 3.88. The van der Waals surface area contributed by atoms with Crippen LogP contribution in [-0.4, -0.2) is 25.0 Å². The summed E-state index contributed by atoms with van der Waals surface area (Å²) in [6, 6.07) is 9.63. The highest BCUT2D eigenvalue weighted by atomic mass is 35.5. The molecule has 0 saturated carbocycles. The number of amides is 2. The van der Waals surface area contributed by atoms with Crippen LogP contribution in [0.15, 0.2) is 42.5 Å². The van der Waals surface area contributed by atoms with Crippen LogP contribution in [0.5, 0.6) is 5.75 Å². The van der Waals surface area contributed by atoms with Crippen molar-refractivity contribution in [1.82, 2.24) is 5.32 Å². The number of carbonyl (C=O) groups is 2. The predicted molar refractivity (Wildman–Crippen MR) is 99.1 cm³/mol. The molecule has 0 fully saturated rings. The molecule has 0 aromatic heterocycles. The Morgan fingerprint density at radius 2 is 1.77 bits per heavy atom. The first-order valence-electron chi connectivity index (χ1n) is 8.02. The van der Waals surface area contributed by atoms with Crippen molar-refractivity contribution in [2.24, 2.45) is 5.92 Å². The maximum atomic E-state index is 13.9. The van der Waals surface area contributed by atoms with Crippen molar-refractivity contribution >= 4 is 29.1 Å². The fourth-order valence-corrected chi connectivity index (χ4v) is 2.46. The molecule has 0 bridgehead atoms. The highest BCUT2D eigenvalue weighted by Gasteiger charge is 2.25. The lowest BCUT2D eigenvalue weighted by atomic mass is 10.0. The molecule has 0 aliphatic heterocycles. The Morgan fingerprint density at radius 3 is 2.31 bits per heavy atom. The first kappa shape index (κ1) is 19.7. The van der Waals surface area contributed by atoms with Crippen molar-refractivity contribution < 1.29 is 18.7 Å². The van der Waals surface area contributed by atoms with Crippen LogP contribution in [0, 0.1) is 11.7 Å². The van der Waals surface area contributed by atoms with Crippen molar-refractivity contribution in [3.8, 4) is 5.75 Å². The van der Waals surface area contributed by atoms with Gasteiger partial charge < -0.3 is 15.4 Å². The number of nitrogens with one attached hydrogen (secondary N) is 2. The number of halogens is 2. The molecule has 0 spiro atoms. The monoisotopic (exact) mass is 378 g/mol. The summed E-state index contributed by atoms with van der Waals surface area (Å²) in [6.07, 6.45) is 0. The fraction of sp³-hybridized carbons (Fsp3) is 0.263. The van der Waals surface area contributed by atoms with Crippen LogP contribution in [0.3, 0.4) is 0 Å². The third kappa shape index (κ3) is 4.95. The number of hydrogen-bond acceptors (Lipinski definition) is 3. The van der Waals surface area contributed by atoms with E-state index in [1.54, 1.807) is 38.1 Å². The first-order chi connectivity index (χ1) is 12.3. The summed E-state index contributed by atoms with van der Waals surface area (Å²) < 4.78 is 18.9. The van der Waals surface area contributed by atoms with Crippen LogP contribution in [0.25, 0.3) is 0 Å². The van der Waals surface area contributed by atoms with Gasteiger partial charge in [-0.1, -0.05) is 25.4 Å². The summed E-state index contributed by atoms with van der Waals surface area (Å²) in [5.74, 6) is -1.14. The number of rotatable bonds is 6. The van der Waals surface area contributed by atoms with Gasteiger partial charge in [-0.2, -0.15) is 0 Å². The molecule has 2 aromatic carbocycles. The second-order valence-corrected chi connectivity index (χ2v) is 6.47. The zero-order valence-electron chi connectivity index (χ0n) is 14.7. The van der Waals surface area contributed by atoms with Crippen LogP contribution >= 0.6 is 11.6 Å². The quantitative estimate of drug-likeness (QED) is 0.801. The van der Waals surface area contributed by atoms with E-state index in [4.69, 9.17) is 16.3 Å². The molecule has 1 unspecified atom stereocenters. The second kappa shape index (κ2) is 8.67. The molecule has 0 saturated heterocycles. The molecule has 26 heavy (non-hydrogen) atoms. The van der Waals surface area contributed by atoms with E-state index >= 15 is 0 Å². The maximum absolute atomic E-state index is 13.9. The van der Waals surface area contributed by atoms with E-state index in [2.05, 4.69) is 10.6 Å². The summed E-state index contributed by atoms with van der Waals surface area (Å²) in [4.78, 5) is 24.9. The first-order valence-corrected chi connectivity index (χ1v) is 8.40. The molecule has 0 heterocycles. The van der Waals surface area contributed by atoms with E-state index < -0.39 is 23.7 Å². The van der Waals surface area contributed by atoms with Gasteiger partial charge in [0.05, 0.1) is 12.8 Å². The van der Waals surface area contributed by atoms with Gasteiger partial charge in [0.1, 0.15) is 17.6 Å². The third-order valence-electron chi connectivity index (χ3n) is 3.78. The van der Waals surface area contributed by atoms with E-state index in [1.165, 1.54) is 19.2 Å². The smallest absolute Gasteiger partial charge is 0.251 e. The molecule has 2 aromatic rings. The Bertz CT molecular complexity index is 794. The Hall–Kier alpha value is -2.60. The van der Waals surface area contributed by atoms with Gasteiger partial charge in [-0.3, -0.25) is 9.59 Å². The molecule has 2 rings (SSSR count). The van der Waals surface area contributed by atoms with Crippen molar-refractivity contribution in [2.45, 2.75) is 19.9 Å². The van der Waals surface area contributed by atoms with Gasteiger partial charge in [0, 0.05) is 10.6 Å². The van der Waals surface area contributed by atoms with Crippen molar-refractivity contribution in [1.29, 1.82) is 0 Å². The van der Waals surface area contributed by atoms with E-state index in [-0.39, 0.29) is 16.6 Å². The number of methoxy groups -OCH3 is 1. The molecule has 0 aliphatic rings. The van der Waals surface area contributed by atoms with Crippen LogP contribution < -0.4 is 15.4 Å². The van der Waals surface area contributed by atoms with Gasteiger partial charge in [0.2, 0.25) is 5.91 Å². The minimum absolute atomic E-state index is 0.00347. The molecule has 5 nitrogen and oxygen atoms in total. The molecule has 2 N–H and O–H groups in total. The molecule has 0 aliphatic carbocycles. The Morgan fingerprint density at radius 1 is 1.12 bits per heavy atom. The van der Waals surface area contributed by atoms with Gasteiger partial charge in [0.15, 0.2) is 0 Å². The van der Waals surface area contributed by atoms with E-state index in [0.29, 0.717) is 11.3 Å². The van der Waals surface area contributed by atoms with Crippen molar-refractivity contribution in [3.63, 3.8) is 0 Å². The molecular formula is C19H20ClFN2O3. The number of benzene rings is 2. The SMILES string of the molecule is COc1ccc(C(=O)NC(C(=O)Nc2ccc(Cl)cc2F)C(C)C)cc1. The number of carbonyl (C=O) groups excluding carboxylic acids is 2. The average Bonchev–Trinajstić information content (AvgIpc) is 2.61.